The van der Waals surface area contributed by atoms with Gasteiger partial charge in [0.15, 0.2) is 0 Å². The number of amides is 1. The molecule has 0 saturated carbocycles. The minimum absolute atomic E-state index is 0.193. The molecule has 1 aliphatic rings. The predicted molar refractivity (Wildman–Crippen MR) is 63.1 cm³/mol. The summed E-state index contributed by atoms with van der Waals surface area (Å²) in [5, 5.41) is 3.21. The molecule has 1 atom stereocenters. The SMILES string of the molecule is CC(C)N(CC1CCCNC1)C(=O)CC(F)(F)F. The van der Waals surface area contributed by atoms with Gasteiger partial charge in [-0.25, -0.2) is 0 Å². The van der Waals surface area contributed by atoms with Crippen molar-refractivity contribution in [2.45, 2.75) is 45.3 Å². The maximum absolute atomic E-state index is 12.2. The summed E-state index contributed by atoms with van der Waals surface area (Å²) < 4.78 is 36.7. The average Bonchev–Trinajstić information content (AvgIpc) is 2.24. The summed E-state index contributed by atoms with van der Waals surface area (Å²) in [6.07, 6.45) is -3.79. The molecule has 0 radical (unpaired) electrons. The van der Waals surface area contributed by atoms with Crippen LogP contribution in [0.15, 0.2) is 0 Å². The fourth-order valence-electron chi connectivity index (χ4n) is 2.23. The topological polar surface area (TPSA) is 32.3 Å². The Kier molecular flexibility index (Phi) is 5.44. The number of carbonyl (C=O) groups excluding carboxylic acids is 1. The van der Waals surface area contributed by atoms with E-state index in [2.05, 4.69) is 5.32 Å². The summed E-state index contributed by atoms with van der Waals surface area (Å²) in [4.78, 5) is 13.0. The number of nitrogens with zero attached hydrogens (tertiary/aromatic N) is 1. The van der Waals surface area contributed by atoms with Crippen LogP contribution in [0.1, 0.15) is 33.1 Å². The highest BCUT2D eigenvalue weighted by atomic mass is 19.4. The normalized spacial score (nSPS) is 21.1. The van der Waals surface area contributed by atoms with Crippen molar-refractivity contribution in [2.75, 3.05) is 19.6 Å². The second kappa shape index (κ2) is 6.41. The van der Waals surface area contributed by atoms with Crippen LogP contribution in [-0.2, 0) is 4.79 Å². The summed E-state index contributed by atoms with van der Waals surface area (Å²) in [5.41, 5.74) is 0. The van der Waals surface area contributed by atoms with Crippen molar-refractivity contribution in [1.29, 1.82) is 0 Å². The molecule has 6 heteroatoms. The Balaban J connectivity index is 2.55. The monoisotopic (exact) mass is 266 g/mol. The molecular formula is C12H21F3N2O. The van der Waals surface area contributed by atoms with Gasteiger partial charge in [-0.1, -0.05) is 0 Å². The molecule has 1 heterocycles. The van der Waals surface area contributed by atoms with E-state index in [9.17, 15) is 18.0 Å². The Labute approximate surface area is 106 Å². The Morgan fingerprint density at radius 3 is 2.56 bits per heavy atom. The lowest BCUT2D eigenvalue weighted by molar-refractivity contribution is -0.163. The van der Waals surface area contributed by atoms with Gasteiger partial charge in [-0.3, -0.25) is 4.79 Å². The standard InChI is InChI=1S/C12H21F3N2O/c1-9(2)17(11(18)6-12(13,14)15)8-10-4-3-5-16-7-10/h9-10,16H,3-8H2,1-2H3. The Hall–Kier alpha value is -0.780. The lowest BCUT2D eigenvalue weighted by Gasteiger charge is -2.33. The fraction of sp³-hybridized carbons (Fsp3) is 0.917. The van der Waals surface area contributed by atoms with E-state index in [0.717, 1.165) is 25.9 Å². The van der Waals surface area contributed by atoms with Crippen molar-refractivity contribution in [3.05, 3.63) is 0 Å². The molecule has 0 aromatic carbocycles. The average molecular weight is 266 g/mol. The van der Waals surface area contributed by atoms with Crippen LogP contribution in [0.2, 0.25) is 0 Å². The van der Waals surface area contributed by atoms with Crippen molar-refractivity contribution >= 4 is 5.91 Å². The first kappa shape index (κ1) is 15.3. The molecule has 0 bridgehead atoms. The number of alkyl halides is 3. The maximum Gasteiger partial charge on any atom is 0.397 e. The molecule has 3 nitrogen and oxygen atoms in total. The van der Waals surface area contributed by atoms with Gasteiger partial charge < -0.3 is 10.2 Å². The first-order chi connectivity index (χ1) is 8.29. The number of hydrogen-bond acceptors (Lipinski definition) is 2. The lowest BCUT2D eigenvalue weighted by atomic mass is 9.98. The molecule has 1 aliphatic heterocycles. The highest BCUT2D eigenvalue weighted by molar-refractivity contribution is 5.77. The first-order valence-corrected chi connectivity index (χ1v) is 6.36. The molecule has 1 fully saturated rings. The molecule has 0 spiro atoms. The van der Waals surface area contributed by atoms with Crippen molar-refractivity contribution < 1.29 is 18.0 Å². The highest BCUT2D eigenvalue weighted by Crippen LogP contribution is 2.22. The number of nitrogens with one attached hydrogen (secondary N) is 1. The molecule has 1 N–H and O–H groups in total. The third kappa shape index (κ3) is 5.25. The van der Waals surface area contributed by atoms with Crippen molar-refractivity contribution in [1.82, 2.24) is 10.2 Å². The number of hydrogen-bond donors (Lipinski definition) is 1. The summed E-state index contributed by atoms with van der Waals surface area (Å²) >= 11 is 0. The van der Waals surface area contributed by atoms with Crippen LogP contribution in [0.4, 0.5) is 13.2 Å². The Morgan fingerprint density at radius 2 is 2.11 bits per heavy atom. The van der Waals surface area contributed by atoms with E-state index in [1.165, 1.54) is 4.90 Å². The van der Waals surface area contributed by atoms with E-state index in [1.54, 1.807) is 13.8 Å². The Bertz CT molecular complexity index is 273. The number of rotatable bonds is 4. The van der Waals surface area contributed by atoms with Crippen LogP contribution >= 0.6 is 0 Å². The van der Waals surface area contributed by atoms with Gasteiger partial charge in [-0.05, 0) is 45.7 Å². The van der Waals surface area contributed by atoms with E-state index in [0.29, 0.717) is 6.54 Å². The molecule has 0 aromatic rings. The van der Waals surface area contributed by atoms with Crippen LogP contribution in [0.25, 0.3) is 0 Å². The third-order valence-electron chi connectivity index (χ3n) is 3.15. The van der Waals surface area contributed by atoms with E-state index >= 15 is 0 Å². The Morgan fingerprint density at radius 1 is 1.44 bits per heavy atom. The molecular weight excluding hydrogens is 245 g/mol. The van der Waals surface area contributed by atoms with Crippen molar-refractivity contribution in [2.24, 2.45) is 5.92 Å². The largest absolute Gasteiger partial charge is 0.397 e. The van der Waals surface area contributed by atoms with Crippen LogP contribution in [0, 0.1) is 5.92 Å². The zero-order chi connectivity index (χ0) is 13.8. The van der Waals surface area contributed by atoms with Crippen LogP contribution in [0.3, 0.4) is 0 Å². The molecule has 1 amide bonds. The molecule has 0 aliphatic carbocycles. The summed E-state index contributed by atoms with van der Waals surface area (Å²) in [7, 11) is 0. The number of halogens is 3. The number of carbonyl (C=O) groups is 1. The van der Waals surface area contributed by atoms with E-state index < -0.39 is 18.5 Å². The minimum atomic E-state index is -4.42. The van der Waals surface area contributed by atoms with Crippen molar-refractivity contribution in [3.8, 4) is 0 Å². The lowest BCUT2D eigenvalue weighted by Crippen LogP contribution is -2.45. The summed E-state index contributed by atoms with van der Waals surface area (Å²) in [5.74, 6) is -0.554. The van der Waals surface area contributed by atoms with Crippen LogP contribution in [-0.4, -0.2) is 42.7 Å². The second-order valence-corrected chi connectivity index (χ2v) is 5.14. The summed E-state index contributed by atoms with van der Waals surface area (Å²) in [6.45, 7) is 5.66. The highest BCUT2D eigenvalue weighted by Gasteiger charge is 2.34. The zero-order valence-corrected chi connectivity index (χ0v) is 10.9. The molecule has 0 aromatic heterocycles. The van der Waals surface area contributed by atoms with Gasteiger partial charge in [-0.15, -0.1) is 0 Å². The smallest absolute Gasteiger partial charge is 0.340 e. The number of piperidine rings is 1. The summed E-state index contributed by atoms with van der Waals surface area (Å²) in [6, 6.07) is -0.193. The maximum atomic E-state index is 12.2. The van der Waals surface area contributed by atoms with Gasteiger partial charge in [0.25, 0.3) is 0 Å². The van der Waals surface area contributed by atoms with Gasteiger partial charge in [0.05, 0.1) is 0 Å². The molecule has 1 unspecified atom stereocenters. The minimum Gasteiger partial charge on any atom is -0.340 e. The zero-order valence-electron chi connectivity index (χ0n) is 10.9. The van der Waals surface area contributed by atoms with E-state index in [-0.39, 0.29) is 12.0 Å². The molecule has 1 saturated heterocycles. The van der Waals surface area contributed by atoms with E-state index in [4.69, 9.17) is 0 Å². The van der Waals surface area contributed by atoms with E-state index in [1.807, 2.05) is 0 Å². The van der Waals surface area contributed by atoms with Crippen LogP contribution in [0.5, 0.6) is 0 Å². The van der Waals surface area contributed by atoms with Gasteiger partial charge >= 0.3 is 6.18 Å². The molecule has 18 heavy (non-hydrogen) atoms. The van der Waals surface area contributed by atoms with Crippen molar-refractivity contribution in [3.63, 3.8) is 0 Å². The first-order valence-electron chi connectivity index (χ1n) is 6.36. The predicted octanol–water partition coefficient (Wildman–Crippen LogP) is 2.18. The van der Waals surface area contributed by atoms with Crippen LogP contribution < -0.4 is 5.32 Å². The molecule has 106 valence electrons. The second-order valence-electron chi connectivity index (χ2n) is 5.14. The third-order valence-corrected chi connectivity index (χ3v) is 3.15. The van der Waals surface area contributed by atoms with Gasteiger partial charge in [0.2, 0.25) is 5.91 Å². The fourth-order valence-corrected chi connectivity index (χ4v) is 2.23. The van der Waals surface area contributed by atoms with Gasteiger partial charge in [-0.2, -0.15) is 13.2 Å². The molecule has 1 rings (SSSR count). The quantitative estimate of drug-likeness (QED) is 0.846. The van der Waals surface area contributed by atoms with Gasteiger partial charge in [0.1, 0.15) is 6.42 Å². The van der Waals surface area contributed by atoms with Gasteiger partial charge in [0, 0.05) is 12.6 Å².